The Morgan fingerprint density at radius 3 is 1.65 bits per heavy atom. The molecule has 0 heterocycles. The number of hydrogen-bond donors (Lipinski definition) is 0. The Morgan fingerprint density at radius 1 is 0.870 bits per heavy atom. The number of benzene rings is 3. The summed E-state index contributed by atoms with van der Waals surface area (Å²) in [5, 5.41) is 33.4. The molecule has 0 unspecified atom stereocenters. The van der Waals surface area contributed by atoms with Crippen molar-refractivity contribution in [3.63, 3.8) is 0 Å². The SMILES string of the molecule is N#Cc1c2ccc([N+](=O)[O-])cc2c(Br)c2cc([N+](=O)[O-])ccc12. The average molecular weight is 372 g/mol. The molecule has 0 spiro atoms. The van der Waals surface area contributed by atoms with Crippen LogP contribution >= 0.6 is 15.9 Å². The van der Waals surface area contributed by atoms with Gasteiger partial charge in [0.25, 0.3) is 11.4 Å². The molecular formula is C15H6BrN3O4. The van der Waals surface area contributed by atoms with Gasteiger partial charge < -0.3 is 0 Å². The lowest BCUT2D eigenvalue weighted by molar-refractivity contribution is -0.384. The maximum Gasteiger partial charge on any atom is 0.270 e. The van der Waals surface area contributed by atoms with E-state index in [9.17, 15) is 25.5 Å². The van der Waals surface area contributed by atoms with Crippen molar-refractivity contribution < 1.29 is 9.85 Å². The summed E-state index contributed by atoms with van der Waals surface area (Å²) in [6.07, 6.45) is 0. The molecule has 0 fully saturated rings. The van der Waals surface area contributed by atoms with Gasteiger partial charge in [0.05, 0.1) is 15.4 Å². The molecule has 23 heavy (non-hydrogen) atoms. The number of hydrogen-bond acceptors (Lipinski definition) is 5. The van der Waals surface area contributed by atoms with Gasteiger partial charge in [0.1, 0.15) is 6.07 Å². The van der Waals surface area contributed by atoms with Crippen LogP contribution in [0.5, 0.6) is 0 Å². The zero-order chi connectivity index (χ0) is 16.7. The Kier molecular flexibility index (Phi) is 3.42. The quantitative estimate of drug-likeness (QED) is 0.375. The van der Waals surface area contributed by atoms with Crippen molar-refractivity contribution in [3.05, 3.63) is 66.7 Å². The first kappa shape index (κ1) is 14.9. The van der Waals surface area contributed by atoms with Crippen molar-refractivity contribution in [3.8, 4) is 6.07 Å². The van der Waals surface area contributed by atoms with Crippen LogP contribution < -0.4 is 0 Å². The summed E-state index contributed by atoms with van der Waals surface area (Å²) in [4.78, 5) is 20.8. The van der Waals surface area contributed by atoms with Gasteiger partial charge in [-0.05, 0) is 28.1 Å². The lowest BCUT2D eigenvalue weighted by atomic mass is 9.97. The number of halogens is 1. The van der Waals surface area contributed by atoms with Crippen molar-refractivity contribution in [1.82, 2.24) is 0 Å². The van der Waals surface area contributed by atoms with Crippen LogP contribution in [0.25, 0.3) is 21.5 Å². The summed E-state index contributed by atoms with van der Waals surface area (Å²) in [7, 11) is 0. The van der Waals surface area contributed by atoms with Gasteiger partial charge in [-0.2, -0.15) is 5.26 Å². The van der Waals surface area contributed by atoms with Crippen molar-refractivity contribution >= 4 is 48.8 Å². The van der Waals surface area contributed by atoms with E-state index in [1.165, 1.54) is 36.4 Å². The molecule has 112 valence electrons. The fourth-order valence-electron chi connectivity index (χ4n) is 2.50. The normalized spacial score (nSPS) is 10.6. The van der Waals surface area contributed by atoms with Crippen molar-refractivity contribution in [2.24, 2.45) is 0 Å². The monoisotopic (exact) mass is 371 g/mol. The highest BCUT2D eigenvalue weighted by Gasteiger charge is 2.18. The molecular weight excluding hydrogens is 366 g/mol. The largest absolute Gasteiger partial charge is 0.270 e. The highest BCUT2D eigenvalue weighted by molar-refractivity contribution is 9.10. The summed E-state index contributed by atoms with van der Waals surface area (Å²) in [6.45, 7) is 0. The van der Waals surface area contributed by atoms with Crippen LogP contribution in [0.4, 0.5) is 11.4 Å². The fourth-order valence-corrected chi connectivity index (χ4v) is 3.16. The number of nitro benzene ring substituents is 2. The Labute approximate surface area is 137 Å². The number of fused-ring (bicyclic) bond motifs is 2. The second-order valence-electron chi connectivity index (χ2n) is 4.77. The summed E-state index contributed by atoms with van der Waals surface area (Å²) < 4.78 is 0.480. The zero-order valence-corrected chi connectivity index (χ0v) is 12.9. The number of non-ortho nitro benzene ring substituents is 2. The summed E-state index contributed by atoms with van der Waals surface area (Å²) in [5.41, 5.74) is 0.0849. The lowest BCUT2D eigenvalue weighted by Gasteiger charge is -2.09. The third-order valence-corrected chi connectivity index (χ3v) is 4.41. The zero-order valence-electron chi connectivity index (χ0n) is 11.3. The second kappa shape index (κ2) is 5.30. The molecule has 0 aliphatic heterocycles. The molecule has 0 aliphatic rings. The highest BCUT2D eigenvalue weighted by Crippen LogP contribution is 2.39. The van der Waals surface area contributed by atoms with E-state index in [1.807, 2.05) is 0 Å². The Bertz CT molecular complexity index is 981. The molecule has 0 aromatic heterocycles. The van der Waals surface area contributed by atoms with E-state index in [4.69, 9.17) is 0 Å². The van der Waals surface area contributed by atoms with E-state index in [-0.39, 0.29) is 11.4 Å². The molecule has 3 aromatic carbocycles. The molecule has 3 rings (SSSR count). The smallest absolute Gasteiger partial charge is 0.258 e. The first-order chi connectivity index (χ1) is 10.9. The maximum absolute atomic E-state index is 11.0. The van der Waals surface area contributed by atoms with Crippen LogP contribution in [0.3, 0.4) is 0 Å². The predicted octanol–water partition coefficient (Wildman–Crippen LogP) is 4.44. The van der Waals surface area contributed by atoms with E-state index in [1.54, 1.807) is 0 Å². The van der Waals surface area contributed by atoms with Crippen molar-refractivity contribution in [2.45, 2.75) is 0 Å². The van der Waals surface area contributed by atoms with E-state index in [2.05, 4.69) is 22.0 Å². The van der Waals surface area contributed by atoms with Gasteiger partial charge in [-0.15, -0.1) is 0 Å². The summed E-state index contributed by atoms with van der Waals surface area (Å²) in [5.74, 6) is 0. The highest BCUT2D eigenvalue weighted by atomic mass is 79.9. The third kappa shape index (κ3) is 2.27. The molecule has 0 saturated carbocycles. The third-order valence-electron chi connectivity index (χ3n) is 3.55. The number of nitriles is 1. The van der Waals surface area contributed by atoms with Gasteiger partial charge >= 0.3 is 0 Å². The average Bonchev–Trinajstić information content (AvgIpc) is 2.54. The van der Waals surface area contributed by atoms with E-state index in [0.29, 0.717) is 31.6 Å². The molecule has 7 nitrogen and oxygen atoms in total. The molecule has 3 aromatic rings. The van der Waals surface area contributed by atoms with Gasteiger partial charge in [0.15, 0.2) is 0 Å². The number of nitrogens with zero attached hydrogens (tertiary/aromatic N) is 3. The number of rotatable bonds is 2. The summed E-state index contributed by atoms with van der Waals surface area (Å²) in [6, 6.07) is 10.4. The molecule has 0 N–H and O–H groups in total. The van der Waals surface area contributed by atoms with Crippen LogP contribution in [-0.4, -0.2) is 9.85 Å². The molecule has 8 heteroatoms. The first-order valence-electron chi connectivity index (χ1n) is 6.32. The minimum Gasteiger partial charge on any atom is -0.258 e. The lowest BCUT2D eigenvalue weighted by Crippen LogP contribution is -1.92. The molecule has 0 radical (unpaired) electrons. The van der Waals surface area contributed by atoms with Gasteiger partial charge in [0, 0.05) is 50.3 Å². The Morgan fingerprint density at radius 2 is 1.30 bits per heavy atom. The van der Waals surface area contributed by atoms with Crippen molar-refractivity contribution in [2.75, 3.05) is 0 Å². The van der Waals surface area contributed by atoms with Crippen LogP contribution in [-0.2, 0) is 0 Å². The first-order valence-corrected chi connectivity index (χ1v) is 7.11. The Hall–Kier alpha value is -3.05. The topological polar surface area (TPSA) is 110 Å². The van der Waals surface area contributed by atoms with Crippen LogP contribution in [0.2, 0.25) is 0 Å². The van der Waals surface area contributed by atoms with Gasteiger partial charge in [-0.1, -0.05) is 0 Å². The standard InChI is InChI=1S/C15H6BrN3O4/c16-15-12-5-8(18(20)21)1-3-10(12)14(7-17)11-4-2-9(19(22)23)6-13(11)15/h1-6H. The minimum absolute atomic E-state index is 0.119. The molecule has 0 saturated heterocycles. The van der Waals surface area contributed by atoms with Crippen LogP contribution in [0.15, 0.2) is 40.9 Å². The number of nitro groups is 2. The van der Waals surface area contributed by atoms with Crippen LogP contribution in [0.1, 0.15) is 5.56 Å². The second-order valence-corrected chi connectivity index (χ2v) is 5.57. The maximum atomic E-state index is 11.0. The van der Waals surface area contributed by atoms with Crippen molar-refractivity contribution in [1.29, 1.82) is 5.26 Å². The van der Waals surface area contributed by atoms with E-state index >= 15 is 0 Å². The fraction of sp³-hybridized carbons (Fsp3) is 0. The van der Waals surface area contributed by atoms with Gasteiger partial charge in [-0.25, -0.2) is 0 Å². The Balaban J connectivity index is 2.52. The molecule has 0 bridgehead atoms. The van der Waals surface area contributed by atoms with Crippen LogP contribution in [0, 0.1) is 31.6 Å². The molecule has 0 atom stereocenters. The van der Waals surface area contributed by atoms with E-state index < -0.39 is 9.85 Å². The van der Waals surface area contributed by atoms with Gasteiger partial charge in [0.2, 0.25) is 0 Å². The molecule has 0 aliphatic carbocycles. The van der Waals surface area contributed by atoms with Gasteiger partial charge in [-0.3, -0.25) is 20.2 Å². The molecule has 0 amide bonds. The van der Waals surface area contributed by atoms with E-state index in [0.717, 1.165) is 0 Å². The predicted molar refractivity (Wildman–Crippen MR) is 87.2 cm³/mol. The summed E-state index contributed by atoms with van der Waals surface area (Å²) >= 11 is 3.36. The minimum atomic E-state index is -0.532.